The number of ether oxygens (including phenoxy) is 1. The van der Waals surface area contributed by atoms with Crippen LogP contribution in [0.1, 0.15) is 22.3 Å². The van der Waals surface area contributed by atoms with E-state index < -0.39 is 17.8 Å². The maximum Gasteiger partial charge on any atom is 0.320 e. The predicted octanol–water partition coefficient (Wildman–Crippen LogP) is 3.64. The lowest BCUT2D eigenvalue weighted by Gasteiger charge is -2.14. The van der Waals surface area contributed by atoms with Crippen molar-refractivity contribution in [3.05, 3.63) is 58.2 Å². The van der Waals surface area contributed by atoms with Crippen molar-refractivity contribution in [1.82, 2.24) is 0 Å². The van der Waals surface area contributed by atoms with Crippen molar-refractivity contribution in [2.24, 2.45) is 5.73 Å². The minimum atomic E-state index is -1.15. The number of aliphatic carboxylic acids is 1. The van der Waals surface area contributed by atoms with Crippen molar-refractivity contribution >= 4 is 5.97 Å². The fourth-order valence-corrected chi connectivity index (χ4v) is 2.47. The Labute approximate surface area is 138 Å². The summed E-state index contributed by atoms with van der Waals surface area (Å²) in [4.78, 5) is 10.8. The first-order valence-electron chi connectivity index (χ1n) is 7.41. The van der Waals surface area contributed by atoms with Crippen molar-refractivity contribution in [3.8, 4) is 11.5 Å². The Kier molecular flexibility index (Phi) is 5.19. The molecule has 0 bridgehead atoms. The third-order valence-electron chi connectivity index (χ3n) is 3.69. The number of carbonyl (C=O) groups is 1. The van der Waals surface area contributed by atoms with Crippen LogP contribution in [0.2, 0.25) is 0 Å². The van der Waals surface area contributed by atoms with Gasteiger partial charge in [0.2, 0.25) is 0 Å². The molecule has 2 rings (SSSR count). The van der Waals surface area contributed by atoms with Crippen LogP contribution >= 0.6 is 0 Å². The molecule has 3 N–H and O–H groups in total. The molecule has 0 saturated heterocycles. The molecule has 2 aromatic rings. The van der Waals surface area contributed by atoms with Crippen molar-refractivity contribution in [2.45, 2.75) is 33.2 Å². The molecule has 0 spiro atoms. The number of hydrogen-bond acceptors (Lipinski definition) is 3. The van der Waals surface area contributed by atoms with Gasteiger partial charge in [-0.2, -0.15) is 0 Å². The standard InChI is InChI=1S/C18H19F2NO3/c1-9-5-13(6-10(2)16(9)20)24-17-11(3)4-12(7-14(17)19)8-15(21)18(22)23/h4-7,15H,8,21H2,1-3H3,(H,22,23). The molecule has 128 valence electrons. The fourth-order valence-electron chi connectivity index (χ4n) is 2.47. The van der Waals surface area contributed by atoms with Crippen molar-refractivity contribution in [1.29, 1.82) is 0 Å². The summed E-state index contributed by atoms with van der Waals surface area (Å²) in [6, 6.07) is 4.72. The van der Waals surface area contributed by atoms with Gasteiger partial charge in [-0.15, -0.1) is 0 Å². The molecule has 0 saturated carbocycles. The van der Waals surface area contributed by atoms with E-state index in [0.29, 0.717) is 28.0 Å². The summed E-state index contributed by atoms with van der Waals surface area (Å²) in [7, 11) is 0. The largest absolute Gasteiger partial charge is 0.480 e. The van der Waals surface area contributed by atoms with Gasteiger partial charge in [0.15, 0.2) is 11.6 Å². The number of nitrogens with two attached hydrogens (primary N) is 1. The highest BCUT2D eigenvalue weighted by Gasteiger charge is 2.16. The van der Waals surface area contributed by atoms with E-state index >= 15 is 0 Å². The van der Waals surface area contributed by atoms with Crippen LogP contribution in [-0.2, 0) is 11.2 Å². The van der Waals surface area contributed by atoms with E-state index in [4.69, 9.17) is 15.6 Å². The molecule has 0 aromatic heterocycles. The molecule has 0 aliphatic heterocycles. The molecule has 24 heavy (non-hydrogen) atoms. The number of halogens is 2. The molecule has 0 aliphatic carbocycles. The molecule has 6 heteroatoms. The molecular weight excluding hydrogens is 316 g/mol. The molecular formula is C18H19F2NO3. The van der Waals surface area contributed by atoms with E-state index in [1.807, 2.05) is 0 Å². The Morgan fingerprint density at radius 2 is 1.71 bits per heavy atom. The van der Waals surface area contributed by atoms with Gasteiger partial charge >= 0.3 is 5.97 Å². The monoisotopic (exact) mass is 335 g/mol. The molecule has 1 unspecified atom stereocenters. The van der Waals surface area contributed by atoms with Crippen LogP contribution < -0.4 is 10.5 Å². The van der Waals surface area contributed by atoms with Crippen LogP contribution in [0.5, 0.6) is 11.5 Å². The number of benzene rings is 2. The first-order valence-corrected chi connectivity index (χ1v) is 7.41. The van der Waals surface area contributed by atoms with Crippen LogP contribution in [0.4, 0.5) is 8.78 Å². The van der Waals surface area contributed by atoms with Gasteiger partial charge in [-0.05, 0) is 67.6 Å². The predicted molar refractivity (Wildman–Crippen MR) is 86.4 cm³/mol. The minimum Gasteiger partial charge on any atom is -0.480 e. The molecule has 4 nitrogen and oxygen atoms in total. The number of carboxylic acids is 1. The molecule has 2 aromatic carbocycles. The zero-order valence-corrected chi connectivity index (χ0v) is 13.7. The third kappa shape index (κ3) is 3.89. The van der Waals surface area contributed by atoms with Crippen molar-refractivity contribution in [2.75, 3.05) is 0 Å². The fraction of sp³-hybridized carbons (Fsp3) is 0.278. The quantitative estimate of drug-likeness (QED) is 0.875. The Hall–Kier alpha value is -2.47. The lowest BCUT2D eigenvalue weighted by atomic mass is 10.0. The van der Waals surface area contributed by atoms with E-state index in [1.165, 1.54) is 18.2 Å². The van der Waals surface area contributed by atoms with Crippen molar-refractivity contribution in [3.63, 3.8) is 0 Å². The topological polar surface area (TPSA) is 72.5 Å². The normalized spacial score (nSPS) is 12.1. The maximum atomic E-state index is 14.3. The first-order chi connectivity index (χ1) is 11.2. The van der Waals surface area contributed by atoms with Gasteiger partial charge in [-0.3, -0.25) is 4.79 Å². The second kappa shape index (κ2) is 6.97. The summed E-state index contributed by atoms with van der Waals surface area (Å²) < 4.78 is 33.6. The second-order valence-corrected chi connectivity index (χ2v) is 5.85. The van der Waals surface area contributed by atoms with E-state index in [2.05, 4.69) is 0 Å². The number of aryl methyl sites for hydroxylation is 3. The highest BCUT2D eigenvalue weighted by Crippen LogP contribution is 2.31. The zero-order valence-electron chi connectivity index (χ0n) is 13.7. The van der Waals surface area contributed by atoms with Gasteiger partial charge in [0.25, 0.3) is 0 Å². The summed E-state index contributed by atoms with van der Waals surface area (Å²) in [5, 5.41) is 8.83. The lowest BCUT2D eigenvalue weighted by Crippen LogP contribution is -2.32. The highest BCUT2D eigenvalue weighted by atomic mass is 19.1. The van der Waals surface area contributed by atoms with Gasteiger partial charge < -0.3 is 15.6 Å². The SMILES string of the molecule is Cc1cc(Oc2c(C)cc(CC(N)C(=O)O)cc2F)cc(C)c1F. The van der Waals surface area contributed by atoms with Crippen LogP contribution in [0, 0.1) is 32.4 Å². The third-order valence-corrected chi connectivity index (χ3v) is 3.69. The average molecular weight is 335 g/mol. The van der Waals surface area contributed by atoms with E-state index in [1.54, 1.807) is 26.8 Å². The molecule has 0 fully saturated rings. The van der Waals surface area contributed by atoms with Gasteiger partial charge in [-0.1, -0.05) is 6.07 Å². The van der Waals surface area contributed by atoms with Crippen LogP contribution in [-0.4, -0.2) is 17.1 Å². The van der Waals surface area contributed by atoms with Gasteiger partial charge in [0.1, 0.15) is 17.6 Å². The zero-order chi connectivity index (χ0) is 18.0. The summed E-state index contributed by atoms with van der Waals surface area (Å²) in [5.41, 5.74) is 7.26. The molecule has 1 atom stereocenters. The number of carboxylic acid groups (broad SMARTS) is 1. The Balaban J connectivity index is 2.30. The van der Waals surface area contributed by atoms with Crippen LogP contribution in [0.3, 0.4) is 0 Å². The molecule has 0 radical (unpaired) electrons. The lowest BCUT2D eigenvalue weighted by molar-refractivity contribution is -0.138. The molecule has 0 aliphatic rings. The molecule has 0 amide bonds. The Morgan fingerprint density at radius 3 is 2.21 bits per heavy atom. The maximum absolute atomic E-state index is 14.3. The van der Waals surface area contributed by atoms with Crippen LogP contribution in [0.25, 0.3) is 0 Å². The second-order valence-electron chi connectivity index (χ2n) is 5.85. The minimum absolute atomic E-state index is 0.0160. The summed E-state index contributed by atoms with van der Waals surface area (Å²) in [6.07, 6.45) is 0.0160. The smallest absolute Gasteiger partial charge is 0.320 e. The van der Waals surface area contributed by atoms with E-state index in [9.17, 15) is 13.6 Å². The van der Waals surface area contributed by atoms with Crippen LogP contribution in [0.15, 0.2) is 24.3 Å². The molecule has 0 heterocycles. The Bertz CT molecular complexity index is 744. The average Bonchev–Trinajstić information content (AvgIpc) is 2.48. The van der Waals surface area contributed by atoms with Gasteiger partial charge in [-0.25, -0.2) is 8.78 Å². The highest BCUT2D eigenvalue weighted by molar-refractivity contribution is 5.73. The summed E-state index contributed by atoms with van der Waals surface area (Å²) in [6.45, 7) is 4.86. The van der Waals surface area contributed by atoms with Crippen molar-refractivity contribution < 1.29 is 23.4 Å². The number of rotatable bonds is 5. The number of hydrogen-bond donors (Lipinski definition) is 2. The van der Waals surface area contributed by atoms with E-state index in [0.717, 1.165) is 0 Å². The first kappa shape index (κ1) is 17.9. The summed E-state index contributed by atoms with van der Waals surface area (Å²) >= 11 is 0. The van der Waals surface area contributed by atoms with Gasteiger partial charge in [0.05, 0.1) is 0 Å². The summed E-state index contributed by atoms with van der Waals surface area (Å²) in [5.74, 6) is -1.73. The van der Waals surface area contributed by atoms with E-state index in [-0.39, 0.29) is 18.0 Å². The van der Waals surface area contributed by atoms with Gasteiger partial charge in [0, 0.05) is 0 Å². The Morgan fingerprint density at radius 1 is 1.12 bits per heavy atom.